The second-order valence-corrected chi connectivity index (χ2v) is 9.16. The molecular weight excluding hydrogens is 328 g/mol. The molecule has 26 heavy (non-hydrogen) atoms. The highest BCUT2D eigenvalue weighted by Gasteiger charge is 2.61. The molecule has 142 valence electrons. The van der Waals surface area contributed by atoms with Crippen LogP contribution >= 0.6 is 0 Å². The Bertz CT molecular complexity index is 665. The summed E-state index contributed by atoms with van der Waals surface area (Å²) < 4.78 is 5.82. The van der Waals surface area contributed by atoms with E-state index in [1.807, 2.05) is 6.92 Å². The molecule has 0 aliphatic heterocycles. The maximum Gasteiger partial charge on any atom is 0.305 e. The molecular formula is C22H30O4. The Hall–Kier alpha value is -1.45. The van der Waals surface area contributed by atoms with Crippen molar-refractivity contribution in [2.24, 2.45) is 28.6 Å². The van der Waals surface area contributed by atoms with Crippen LogP contribution in [-0.2, 0) is 19.1 Å². The standard InChI is InChI=1S/C22H30O4/c1-3-20(25)26-19-7-6-17-16-5-4-14-12-15(24)8-11-22(14,13-23)18(16)9-10-21(17,19)2/h12-13,16-19H,3-11H2,1-2H3/t16-,17-,18+,19?,21-,22+/m0/s1. The molecule has 4 nitrogen and oxygen atoms in total. The number of carbonyl (C=O) groups is 3. The highest BCUT2D eigenvalue weighted by atomic mass is 16.5. The van der Waals surface area contributed by atoms with Crippen molar-refractivity contribution in [1.29, 1.82) is 0 Å². The van der Waals surface area contributed by atoms with Crippen LogP contribution in [0, 0.1) is 28.6 Å². The number of hydrogen-bond donors (Lipinski definition) is 0. The van der Waals surface area contributed by atoms with Gasteiger partial charge in [0.25, 0.3) is 0 Å². The Balaban J connectivity index is 1.63. The summed E-state index contributed by atoms with van der Waals surface area (Å²) >= 11 is 0. The van der Waals surface area contributed by atoms with Crippen LogP contribution in [-0.4, -0.2) is 24.1 Å². The van der Waals surface area contributed by atoms with Gasteiger partial charge in [0.2, 0.25) is 0 Å². The van der Waals surface area contributed by atoms with Gasteiger partial charge in [0.1, 0.15) is 12.4 Å². The van der Waals surface area contributed by atoms with E-state index in [0.717, 1.165) is 44.1 Å². The van der Waals surface area contributed by atoms with Gasteiger partial charge in [-0.3, -0.25) is 9.59 Å². The van der Waals surface area contributed by atoms with Gasteiger partial charge in [-0.15, -0.1) is 0 Å². The van der Waals surface area contributed by atoms with Gasteiger partial charge in [-0.25, -0.2) is 0 Å². The van der Waals surface area contributed by atoms with Gasteiger partial charge < -0.3 is 9.53 Å². The first-order valence-corrected chi connectivity index (χ1v) is 10.3. The van der Waals surface area contributed by atoms with E-state index in [2.05, 4.69) is 6.92 Å². The van der Waals surface area contributed by atoms with Crippen LogP contribution in [0.15, 0.2) is 11.6 Å². The fourth-order valence-corrected chi connectivity index (χ4v) is 6.88. The molecule has 0 radical (unpaired) electrons. The van der Waals surface area contributed by atoms with Crippen molar-refractivity contribution in [3.05, 3.63) is 11.6 Å². The summed E-state index contributed by atoms with van der Waals surface area (Å²) in [6.07, 6.45) is 10.6. The Morgan fingerprint density at radius 2 is 2.00 bits per heavy atom. The summed E-state index contributed by atoms with van der Waals surface area (Å²) in [5.74, 6) is 1.47. The molecule has 3 saturated carbocycles. The molecule has 1 unspecified atom stereocenters. The zero-order valence-electron chi connectivity index (χ0n) is 16.0. The lowest BCUT2D eigenvalue weighted by Gasteiger charge is -2.56. The topological polar surface area (TPSA) is 60.4 Å². The molecule has 4 rings (SSSR count). The molecule has 4 heteroatoms. The summed E-state index contributed by atoms with van der Waals surface area (Å²) in [7, 11) is 0. The fourth-order valence-electron chi connectivity index (χ4n) is 6.88. The first kappa shape index (κ1) is 17.9. The van der Waals surface area contributed by atoms with Gasteiger partial charge in [-0.05, 0) is 68.8 Å². The van der Waals surface area contributed by atoms with Gasteiger partial charge in [0.05, 0.1) is 5.41 Å². The maximum absolute atomic E-state index is 12.3. The number of rotatable bonds is 3. The minimum Gasteiger partial charge on any atom is -0.462 e. The van der Waals surface area contributed by atoms with Crippen LogP contribution in [0.25, 0.3) is 0 Å². The summed E-state index contributed by atoms with van der Waals surface area (Å²) in [6, 6.07) is 0. The third-order valence-electron chi connectivity index (χ3n) is 8.25. The normalized spacial score (nSPS) is 44.4. The summed E-state index contributed by atoms with van der Waals surface area (Å²) in [5, 5.41) is 0. The van der Waals surface area contributed by atoms with Crippen LogP contribution in [0.5, 0.6) is 0 Å². The lowest BCUT2D eigenvalue weighted by Crippen LogP contribution is -2.53. The van der Waals surface area contributed by atoms with Crippen molar-refractivity contribution in [3.8, 4) is 0 Å². The molecule has 0 heterocycles. The molecule has 0 aromatic carbocycles. The van der Waals surface area contributed by atoms with E-state index in [4.69, 9.17) is 4.74 Å². The van der Waals surface area contributed by atoms with E-state index in [1.165, 1.54) is 6.29 Å². The summed E-state index contributed by atoms with van der Waals surface area (Å²) in [6.45, 7) is 4.15. The van der Waals surface area contributed by atoms with E-state index in [-0.39, 0.29) is 23.3 Å². The number of fused-ring (bicyclic) bond motifs is 5. The fraction of sp³-hybridized carbons (Fsp3) is 0.773. The predicted octanol–water partition coefficient (Wildman–Crippen LogP) is 4.02. The van der Waals surface area contributed by atoms with Crippen molar-refractivity contribution >= 4 is 18.0 Å². The van der Waals surface area contributed by atoms with Gasteiger partial charge in [-0.1, -0.05) is 19.4 Å². The smallest absolute Gasteiger partial charge is 0.305 e. The zero-order valence-corrected chi connectivity index (χ0v) is 16.0. The molecule has 0 saturated heterocycles. The van der Waals surface area contributed by atoms with Crippen LogP contribution < -0.4 is 0 Å². The highest BCUT2D eigenvalue weighted by molar-refractivity contribution is 5.93. The Morgan fingerprint density at radius 3 is 2.73 bits per heavy atom. The number of ether oxygens (including phenoxy) is 1. The lowest BCUT2D eigenvalue weighted by molar-refractivity contribution is -0.159. The monoisotopic (exact) mass is 358 g/mol. The molecule has 0 aromatic heterocycles. The van der Waals surface area contributed by atoms with Crippen molar-refractivity contribution < 1.29 is 19.1 Å². The van der Waals surface area contributed by atoms with E-state index in [9.17, 15) is 14.4 Å². The molecule has 0 bridgehead atoms. The minimum absolute atomic E-state index is 0.0259. The third-order valence-corrected chi connectivity index (χ3v) is 8.25. The second kappa shape index (κ2) is 6.31. The van der Waals surface area contributed by atoms with Crippen molar-refractivity contribution in [2.45, 2.75) is 77.7 Å². The number of carbonyl (C=O) groups excluding carboxylic acids is 3. The van der Waals surface area contributed by atoms with Crippen molar-refractivity contribution in [2.75, 3.05) is 0 Å². The van der Waals surface area contributed by atoms with Crippen LogP contribution in [0.2, 0.25) is 0 Å². The van der Waals surface area contributed by atoms with Crippen LogP contribution in [0.1, 0.15) is 71.6 Å². The Kier molecular flexibility index (Phi) is 4.36. The van der Waals surface area contributed by atoms with Crippen LogP contribution in [0.3, 0.4) is 0 Å². The second-order valence-electron chi connectivity index (χ2n) is 9.16. The molecule has 4 aliphatic carbocycles. The summed E-state index contributed by atoms with van der Waals surface area (Å²) in [5.41, 5.74) is 0.735. The van der Waals surface area contributed by atoms with E-state index >= 15 is 0 Å². The third kappa shape index (κ3) is 2.44. The predicted molar refractivity (Wildman–Crippen MR) is 97.3 cm³/mol. The Labute approximate surface area is 155 Å². The van der Waals surface area contributed by atoms with Crippen molar-refractivity contribution in [1.82, 2.24) is 0 Å². The molecule has 0 amide bonds. The molecule has 0 spiro atoms. The molecule has 4 aliphatic rings. The minimum atomic E-state index is -0.406. The van der Waals surface area contributed by atoms with Gasteiger partial charge >= 0.3 is 5.97 Å². The van der Waals surface area contributed by atoms with Gasteiger partial charge in [0.15, 0.2) is 5.78 Å². The average molecular weight is 358 g/mol. The maximum atomic E-state index is 12.3. The molecule has 3 fully saturated rings. The van der Waals surface area contributed by atoms with Gasteiger partial charge in [-0.2, -0.15) is 0 Å². The number of esters is 1. The van der Waals surface area contributed by atoms with E-state index in [1.54, 1.807) is 6.08 Å². The first-order valence-electron chi connectivity index (χ1n) is 10.3. The highest BCUT2D eigenvalue weighted by Crippen LogP contribution is 2.65. The number of ketones is 1. The first-order chi connectivity index (χ1) is 12.4. The number of aldehydes is 1. The zero-order chi connectivity index (χ0) is 18.5. The van der Waals surface area contributed by atoms with Gasteiger partial charge in [0, 0.05) is 18.3 Å². The van der Waals surface area contributed by atoms with Crippen molar-refractivity contribution in [3.63, 3.8) is 0 Å². The van der Waals surface area contributed by atoms with E-state index in [0.29, 0.717) is 37.0 Å². The largest absolute Gasteiger partial charge is 0.462 e. The number of hydrogen-bond acceptors (Lipinski definition) is 4. The average Bonchev–Trinajstić information content (AvgIpc) is 2.97. The lowest BCUT2D eigenvalue weighted by atomic mass is 9.47. The molecule has 0 aromatic rings. The number of allylic oxidation sites excluding steroid dienone is 1. The van der Waals surface area contributed by atoms with E-state index < -0.39 is 5.41 Å². The Morgan fingerprint density at radius 1 is 1.19 bits per heavy atom. The molecule has 6 atom stereocenters. The summed E-state index contributed by atoms with van der Waals surface area (Å²) in [4.78, 5) is 36.1. The molecule has 0 N–H and O–H groups in total. The van der Waals surface area contributed by atoms with Crippen LogP contribution in [0.4, 0.5) is 0 Å². The SMILES string of the molecule is CCC(=O)OC1CC[C@H]2[C@@H]3CCC4=CC(=O)CC[C@]4(C=O)[C@@H]3CC[C@]12C. The quantitative estimate of drug-likeness (QED) is 0.565.